The Balaban J connectivity index is 3.42. The van der Waals surface area contributed by atoms with Crippen LogP contribution in [0.15, 0.2) is 0 Å². The number of carbonyl (C=O) groups excluding carboxylic acids is 1. The van der Waals surface area contributed by atoms with Gasteiger partial charge in [0.1, 0.15) is 0 Å². The van der Waals surface area contributed by atoms with Gasteiger partial charge in [0.15, 0.2) is 5.96 Å². The summed E-state index contributed by atoms with van der Waals surface area (Å²) in [7, 11) is 1.64. The van der Waals surface area contributed by atoms with Crippen LogP contribution < -0.4 is 10.6 Å². The zero-order chi connectivity index (χ0) is 10.3. The molecular weight excluding hydrogens is 170 g/mol. The molecule has 0 aliphatic carbocycles. The van der Waals surface area contributed by atoms with Crippen molar-refractivity contribution in [2.24, 2.45) is 0 Å². The fourth-order valence-corrected chi connectivity index (χ4v) is 0.700. The molecule has 0 amide bonds. The Labute approximate surface area is 78.4 Å². The van der Waals surface area contributed by atoms with Crippen molar-refractivity contribution in [2.75, 3.05) is 13.6 Å². The van der Waals surface area contributed by atoms with Crippen molar-refractivity contribution in [3.05, 3.63) is 0 Å². The number of ether oxygens (including phenoxy) is 1. The maximum absolute atomic E-state index is 11.0. The molecule has 3 N–H and O–H groups in total. The van der Waals surface area contributed by atoms with Crippen LogP contribution in [0.5, 0.6) is 0 Å². The van der Waals surface area contributed by atoms with Gasteiger partial charge in [-0.1, -0.05) is 0 Å². The smallest absolute Gasteiger partial charge is 0.307 e. The van der Waals surface area contributed by atoms with Gasteiger partial charge in [-0.3, -0.25) is 10.2 Å². The molecule has 0 aromatic heterocycles. The van der Waals surface area contributed by atoms with Gasteiger partial charge in [-0.15, -0.1) is 0 Å². The monoisotopic (exact) mass is 187 g/mol. The summed E-state index contributed by atoms with van der Waals surface area (Å²) in [6, 6.07) is 0. The molecule has 0 aromatic rings. The van der Waals surface area contributed by atoms with Crippen molar-refractivity contribution in [2.45, 2.75) is 26.4 Å². The molecule has 0 aliphatic rings. The first-order chi connectivity index (χ1) is 6.06. The molecule has 0 saturated carbocycles. The van der Waals surface area contributed by atoms with Gasteiger partial charge in [0.25, 0.3) is 0 Å². The molecule has 0 saturated heterocycles. The third-order valence-electron chi connectivity index (χ3n) is 1.25. The third kappa shape index (κ3) is 7.11. The normalized spacial score (nSPS) is 9.54. The van der Waals surface area contributed by atoms with E-state index in [-0.39, 0.29) is 24.5 Å². The lowest BCUT2D eigenvalue weighted by atomic mass is 10.4. The molecule has 5 nitrogen and oxygen atoms in total. The van der Waals surface area contributed by atoms with E-state index in [1.807, 2.05) is 0 Å². The summed E-state index contributed by atoms with van der Waals surface area (Å²) in [4.78, 5) is 11.0. The summed E-state index contributed by atoms with van der Waals surface area (Å²) < 4.78 is 4.90. The zero-order valence-corrected chi connectivity index (χ0v) is 8.31. The predicted molar refractivity (Wildman–Crippen MR) is 50.6 cm³/mol. The molecule has 0 atom stereocenters. The summed E-state index contributed by atoms with van der Waals surface area (Å²) in [5.74, 6) is -0.0382. The Bertz CT molecular complexity index is 180. The molecule has 5 heteroatoms. The highest BCUT2D eigenvalue weighted by atomic mass is 16.5. The molecule has 0 aliphatic heterocycles. The highest BCUT2D eigenvalue weighted by Crippen LogP contribution is 1.91. The van der Waals surface area contributed by atoms with Gasteiger partial charge >= 0.3 is 5.97 Å². The molecule has 76 valence electrons. The lowest BCUT2D eigenvalue weighted by Gasteiger charge is -2.09. The van der Waals surface area contributed by atoms with E-state index in [2.05, 4.69) is 10.6 Å². The van der Waals surface area contributed by atoms with Crippen LogP contribution in [0.3, 0.4) is 0 Å². The van der Waals surface area contributed by atoms with Crippen LogP contribution in [0.1, 0.15) is 20.3 Å². The second-order valence-corrected chi connectivity index (χ2v) is 2.84. The maximum atomic E-state index is 11.0. The highest BCUT2D eigenvalue weighted by molar-refractivity contribution is 5.77. The third-order valence-corrected chi connectivity index (χ3v) is 1.25. The first-order valence-corrected chi connectivity index (χ1v) is 4.26. The van der Waals surface area contributed by atoms with E-state index >= 15 is 0 Å². The molecule has 0 spiro atoms. The zero-order valence-electron chi connectivity index (χ0n) is 8.31. The lowest BCUT2D eigenvalue weighted by molar-refractivity contribution is -0.147. The van der Waals surface area contributed by atoms with Crippen LogP contribution in [0, 0.1) is 5.41 Å². The van der Waals surface area contributed by atoms with Gasteiger partial charge in [0, 0.05) is 13.6 Å². The van der Waals surface area contributed by atoms with E-state index in [9.17, 15) is 4.79 Å². The molecule has 0 unspecified atom stereocenters. The molecule has 0 heterocycles. The molecule has 0 radical (unpaired) electrons. The average Bonchev–Trinajstić information content (AvgIpc) is 2.02. The Hall–Kier alpha value is -1.26. The van der Waals surface area contributed by atoms with E-state index in [1.54, 1.807) is 20.9 Å². The Morgan fingerprint density at radius 2 is 2.15 bits per heavy atom. The Kier molecular flexibility index (Phi) is 5.67. The predicted octanol–water partition coefficient (Wildman–Crippen LogP) is 0.0719. The molecular formula is C8H17N3O2. The van der Waals surface area contributed by atoms with E-state index < -0.39 is 0 Å². The minimum atomic E-state index is -0.244. The second-order valence-electron chi connectivity index (χ2n) is 2.84. The summed E-state index contributed by atoms with van der Waals surface area (Å²) in [6.07, 6.45) is 0.207. The lowest BCUT2D eigenvalue weighted by Crippen LogP contribution is -2.35. The number of hydrogen-bond donors (Lipinski definition) is 3. The number of rotatable bonds is 4. The van der Waals surface area contributed by atoms with Gasteiger partial charge in [-0.05, 0) is 13.8 Å². The Morgan fingerprint density at radius 3 is 2.62 bits per heavy atom. The van der Waals surface area contributed by atoms with Crippen molar-refractivity contribution in [3.8, 4) is 0 Å². The van der Waals surface area contributed by atoms with Gasteiger partial charge in [0.2, 0.25) is 0 Å². The van der Waals surface area contributed by atoms with E-state index in [4.69, 9.17) is 10.1 Å². The van der Waals surface area contributed by atoms with Crippen LogP contribution in [0.25, 0.3) is 0 Å². The first kappa shape index (κ1) is 11.7. The van der Waals surface area contributed by atoms with E-state index in [0.717, 1.165) is 0 Å². The summed E-state index contributed by atoms with van der Waals surface area (Å²) in [5, 5.41) is 12.5. The van der Waals surface area contributed by atoms with Crippen LogP contribution >= 0.6 is 0 Å². The molecule has 0 bridgehead atoms. The minimum Gasteiger partial charge on any atom is -0.463 e. The largest absolute Gasteiger partial charge is 0.463 e. The van der Waals surface area contributed by atoms with Crippen LogP contribution in [0.4, 0.5) is 0 Å². The summed E-state index contributed by atoms with van der Waals surface area (Å²) >= 11 is 0. The van der Waals surface area contributed by atoms with E-state index in [0.29, 0.717) is 6.54 Å². The van der Waals surface area contributed by atoms with Crippen molar-refractivity contribution in [3.63, 3.8) is 0 Å². The Morgan fingerprint density at radius 1 is 1.54 bits per heavy atom. The minimum absolute atomic E-state index is 0.0729. The van der Waals surface area contributed by atoms with Gasteiger partial charge < -0.3 is 15.4 Å². The summed E-state index contributed by atoms with van der Waals surface area (Å²) in [5.41, 5.74) is 0. The van der Waals surface area contributed by atoms with Crippen molar-refractivity contribution in [1.29, 1.82) is 5.41 Å². The maximum Gasteiger partial charge on any atom is 0.307 e. The van der Waals surface area contributed by atoms with Crippen molar-refractivity contribution in [1.82, 2.24) is 10.6 Å². The number of carbonyl (C=O) groups is 1. The number of nitrogens with one attached hydrogen (secondary N) is 3. The fraction of sp³-hybridized carbons (Fsp3) is 0.750. The van der Waals surface area contributed by atoms with Crippen LogP contribution in [0.2, 0.25) is 0 Å². The van der Waals surface area contributed by atoms with Crippen LogP contribution in [-0.4, -0.2) is 31.6 Å². The van der Waals surface area contributed by atoms with Gasteiger partial charge in [-0.25, -0.2) is 0 Å². The van der Waals surface area contributed by atoms with Gasteiger partial charge in [-0.2, -0.15) is 0 Å². The van der Waals surface area contributed by atoms with E-state index in [1.165, 1.54) is 0 Å². The first-order valence-electron chi connectivity index (χ1n) is 4.26. The van der Waals surface area contributed by atoms with Crippen LogP contribution in [-0.2, 0) is 9.53 Å². The number of esters is 1. The standard InChI is InChI=1S/C8H17N3O2/c1-6(2)13-7(12)4-5-11-8(9)10-3/h6H,4-5H2,1-3H3,(H3,9,10,11). The number of guanidine groups is 1. The average molecular weight is 187 g/mol. The molecule has 13 heavy (non-hydrogen) atoms. The van der Waals surface area contributed by atoms with Crippen molar-refractivity contribution >= 4 is 11.9 Å². The van der Waals surface area contributed by atoms with Gasteiger partial charge in [0.05, 0.1) is 12.5 Å². The second kappa shape index (κ2) is 6.28. The topological polar surface area (TPSA) is 74.2 Å². The SMILES string of the molecule is CNC(=N)NCCC(=O)OC(C)C. The quantitative estimate of drug-likeness (QED) is 0.331. The molecule has 0 rings (SSSR count). The molecule has 0 aromatic carbocycles. The number of hydrogen-bond acceptors (Lipinski definition) is 3. The molecule has 0 fully saturated rings. The highest BCUT2D eigenvalue weighted by Gasteiger charge is 2.04. The van der Waals surface area contributed by atoms with Crippen molar-refractivity contribution < 1.29 is 9.53 Å². The summed E-state index contributed by atoms with van der Waals surface area (Å²) in [6.45, 7) is 4.03. The fourth-order valence-electron chi connectivity index (χ4n) is 0.700.